The van der Waals surface area contributed by atoms with E-state index in [-0.39, 0.29) is 24.2 Å². The fourth-order valence-corrected chi connectivity index (χ4v) is 3.31. The van der Waals surface area contributed by atoms with Crippen molar-refractivity contribution in [2.24, 2.45) is 5.92 Å². The van der Waals surface area contributed by atoms with Crippen LogP contribution in [0.5, 0.6) is 0 Å². The van der Waals surface area contributed by atoms with Crippen LogP contribution < -0.4 is 11.1 Å². The number of carbonyl (C=O) groups excluding carboxylic acids is 2. The quantitative estimate of drug-likeness (QED) is 0.807. The molecule has 2 aromatic heterocycles. The minimum absolute atomic E-state index is 0.00581. The molecule has 24 heavy (non-hydrogen) atoms. The molecule has 2 aromatic rings. The monoisotopic (exact) mass is 345 g/mol. The fourth-order valence-electron chi connectivity index (χ4n) is 2.71. The molecule has 1 aliphatic heterocycles. The van der Waals surface area contributed by atoms with Crippen LogP contribution in [0.25, 0.3) is 0 Å². The molecule has 3 heterocycles. The highest BCUT2D eigenvalue weighted by Gasteiger charge is 2.34. The molecule has 1 aliphatic rings. The highest BCUT2D eigenvalue weighted by molar-refractivity contribution is 7.13. The fraction of sp³-hybridized carbons (Fsp3) is 0.375. The summed E-state index contributed by atoms with van der Waals surface area (Å²) >= 11 is 1.39. The molecule has 0 spiro atoms. The molecular formula is C16H19N5O2S. The van der Waals surface area contributed by atoms with Crippen LogP contribution in [0.4, 0.5) is 5.13 Å². The smallest absolute Gasteiger partial charge is 0.225 e. The van der Waals surface area contributed by atoms with Gasteiger partial charge in [0.25, 0.3) is 0 Å². The third kappa shape index (κ3) is 4.08. The molecule has 0 radical (unpaired) electrons. The Morgan fingerprint density at radius 3 is 3.08 bits per heavy atom. The van der Waals surface area contributed by atoms with Gasteiger partial charge in [0, 0.05) is 50.2 Å². The molecule has 1 atom stereocenters. The van der Waals surface area contributed by atoms with E-state index < -0.39 is 0 Å². The van der Waals surface area contributed by atoms with Gasteiger partial charge in [0.2, 0.25) is 11.8 Å². The molecule has 3 N–H and O–H groups in total. The number of nitrogens with one attached hydrogen (secondary N) is 1. The molecule has 7 nitrogen and oxygen atoms in total. The van der Waals surface area contributed by atoms with Crippen molar-refractivity contribution in [3.63, 3.8) is 0 Å². The average Bonchev–Trinajstić information content (AvgIpc) is 3.15. The van der Waals surface area contributed by atoms with Gasteiger partial charge in [-0.3, -0.25) is 14.6 Å². The first-order valence-electron chi connectivity index (χ1n) is 7.76. The zero-order valence-corrected chi connectivity index (χ0v) is 14.0. The Morgan fingerprint density at radius 1 is 1.50 bits per heavy atom. The second-order valence-corrected chi connectivity index (χ2v) is 6.64. The zero-order chi connectivity index (χ0) is 16.9. The van der Waals surface area contributed by atoms with Crippen molar-refractivity contribution in [2.45, 2.75) is 19.4 Å². The lowest BCUT2D eigenvalue weighted by molar-refractivity contribution is -0.129. The number of carbonyl (C=O) groups is 2. The van der Waals surface area contributed by atoms with Crippen LogP contribution in [-0.4, -0.2) is 39.8 Å². The molecule has 0 saturated carbocycles. The predicted octanol–water partition coefficient (Wildman–Crippen LogP) is 0.828. The van der Waals surface area contributed by atoms with E-state index in [0.29, 0.717) is 31.2 Å². The van der Waals surface area contributed by atoms with Gasteiger partial charge in [-0.1, -0.05) is 6.07 Å². The maximum absolute atomic E-state index is 12.2. The largest absolute Gasteiger partial charge is 0.375 e. The summed E-state index contributed by atoms with van der Waals surface area (Å²) in [5.41, 5.74) is 7.42. The van der Waals surface area contributed by atoms with Crippen LogP contribution in [-0.2, 0) is 22.6 Å². The van der Waals surface area contributed by atoms with Gasteiger partial charge in [-0.2, -0.15) is 0 Å². The third-order valence-electron chi connectivity index (χ3n) is 3.93. The number of hydrogen-bond donors (Lipinski definition) is 2. The molecule has 8 heteroatoms. The van der Waals surface area contributed by atoms with Crippen LogP contribution in [0.1, 0.15) is 17.7 Å². The molecule has 0 aliphatic carbocycles. The zero-order valence-electron chi connectivity index (χ0n) is 13.1. The van der Waals surface area contributed by atoms with Gasteiger partial charge in [-0.15, -0.1) is 11.3 Å². The summed E-state index contributed by atoms with van der Waals surface area (Å²) in [5, 5.41) is 5.30. The van der Waals surface area contributed by atoms with Gasteiger partial charge in [0.1, 0.15) is 0 Å². The lowest BCUT2D eigenvalue weighted by atomic mass is 10.1. The van der Waals surface area contributed by atoms with E-state index in [1.165, 1.54) is 11.3 Å². The standard InChI is InChI=1S/C16H19N5O2S/c17-16-20-13(10-24-16)3-5-19-15(23)12-6-14(22)21(9-12)8-11-2-1-4-18-7-11/h1-2,4,7,10,12H,3,5-6,8-9H2,(H2,17,20)(H,19,23). The third-order valence-corrected chi connectivity index (χ3v) is 4.65. The lowest BCUT2D eigenvalue weighted by Gasteiger charge is -2.16. The summed E-state index contributed by atoms with van der Waals surface area (Å²) in [6.45, 7) is 1.44. The van der Waals surface area contributed by atoms with Crippen LogP contribution in [0.15, 0.2) is 29.9 Å². The van der Waals surface area contributed by atoms with Gasteiger partial charge in [0.05, 0.1) is 11.6 Å². The minimum atomic E-state index is -0.297. The van der Waals surface area contributed by atoms with Crippen molar-refractivity contribution in [3.05, 3.63) is 41.2 Å². The summed E-state index contributed by atoms with van der Waals surface area (Å²) in [4.78, 5) is 34.2. The number of anilines is 1. The first kappa shape index (κ1) is 16.4. The second kappa shape index (κ2) is 7.39. The number of nitrogens with two attached hydrogens (primary N) is 1. The van der Waals surface area contributed by atoms with E-state index in [4.69, 9.17) is 5.73 Å². The summed E-state index contributed by atoms with van der Waals surface area (Å²) < 4.78 is 0. The van der Waals surface area contributed by atoms with Crippen molar-refractivity contribution in [2.75, 3.05) is 18.8 Å². The van der Waals surface area contributed by atoms with Crippen molar-refractivity contribution < 1.29 is 9.59 Å². The summed E-state index contributed by atoms with van der Waals surface area (Å²) in [6, 6.07) is 3.76. The molecular weight excluding hydrogens is 326 g/mol. The van der Waals surface area contributed by atoms with Gasteiger partial charge in [-0.05, 0) is 11.6 Å². The molecule has 2 amide bonds. The summed E-state index contributed by atoms with van der Waals surface area (Å²) in [7, 11) is 0. The molecule has 0 aromatic carbocycles. The van der Waals surface area contributed by atoms with Crippen molar-refractivity contribution >= 4 is 28.3 Å². The van der Waals surface area contributed by atoms with Crippen molar-refractivity contribution in [1.82, 2.24) is 20.2 Å². The number of hydrogen-bond acceptors (Lipinski definition) is 6. The Bertz CT molecular complexity index is 718. The number of pyridine rings is 1. The number of likely N-dealkylation sites (tertiary alicyclic amines) is 1. The first-order chi connectivity index (χ1) is 11.6. The second-order valence-electron chi connectivity index (χ2n) is 5.75. The molecule has 3 rings (SSSR count). The Balaban J connectivity index is 1.47. The predicted molar refractivity (Wildman–Crippen MR) is 91.0 cm³/mol. The highest BCUT2D eigenvalue weighted by atomic mass is 32.1. The topological polar surface area (TPSA) is 101 Å². The first-order valence-corrected chi connectivity index (χ1v) is 8.64. The van der Waals surface area contributed by atoms with E-state index >= 15 is 0 Å². The maximum Gasteiger partial charge on any atom is 0.225 e. The van der Waals surface area contributed by atoms with Gasteiger partial charge >= 0.3 is 0 Å². The van der Waals surface area contributed by atoms with Crippen molar-refractivity contribution in [3.8, 4) is 0 Å². The summed E-state index contributed by atoms with van der Waals surface area (Å²) in [6.07, 6.45) is 4.33. The number of aromatic nitrogens is 2. The molecule has 1 unspecified atom stereocenters. The molecule has 1 saturated heterocycles. The Labute approximate surface area is 143 Å². The molecule has 126 valence electrons. The van der Waals surface area contributed by atoms with E-state index in [2.05, 4.69) is 15.3 Å². The average molecular weight is 345 g/mol. The number of nitrogens with zero attached hydrogens (tertiary/aromatic N) is 3. The Morgan fingerprint density at radius 2 is 2.38 bits per heavy atom. The normalized spacial score (nSPS) is 17.2. The van der Waals surface area contributed by atoms with Crippen LogP contribution in [0.3, 0.4) is 0 Å². The van der Waals surface area contributed by atoms with Gasteiger partial charge in [-0.25, -0.2) is 4.98 Å². The van der Waals surface area contributed by atoms with E-state index in [1.807, 2.05) is 17.5 Å². The Kier molecular flexibility index (Phi) is 5.05. The molecule has 1 fully saturated rings. The summed E-state index contributed by atoms with van der Waals surface area (Å²) in [5.74, 6) is -0.374. The van der Waals surface area contributed by atoms with Gasteiger partial charge < -0.3 is 16.0 Å². The van der Waals surface area contributed by atoms with Gasteiger partial charge in [0.15, 0.2) is 5.13 Å². The van der Waals surface area contributed by atoms with Crippen molar-refractivity contribution in [1.29, 1.82) is 0 Å². The maximum atomic E-state index is 12.2. The Hall–Kier alpha value is -2.48. The number of thiazole rings is 1. The lowest BCUT2D eigenvalue weighted by Crippen LogP contribution is -2.34. The number of amides is 2. The van der Waals surface area contributed by atoms with E-state index in [0.717, 1.165) is 11.3 Å². The minimum Gasteiger partial charge on any atom is -0.375 e. The van der Waals surface area contributed by atoms with Crippen LogP contribution in [0, 0.1) is 5.92 Å². The van der Waals surface area contributed by atoms with Crippen LogP contribution >= 0.6 is 11.3 Å². The van der Waals surface area contributed by atoms with Crippen LogP contribution in [0.2, 0.25) is 0 Å². The van der Waals surface area contributed by atoms with E-state index in [9.17, 15) is 9.59 Å². The molecule has 0 bridgehead atoms. The number of rotatable bonds is 6. The van der Waals surface area contributed by atoms with E-state index in [1.54, 1.807) is 17.3 Å². The highest BCUT2D eigenvalue weighted by Crippen LogP contribution is 2.20. The number of nitrogen functional groups attached to an aromatic ring is 1. The SMILES string of the molecule is Nc1nc(CCNC(=O)C2CC(=O)N(Cc3cccnc3)C2)cs1.